The maximum absolute atomic E-state index is 12.5. The number of rotatable bonds is 4. The lowest BCUT2D eigenvalue weighted by atomic mass is 10.3. The molecule has 6 nitrogen and oxygen atoms in total. The van der Waals surface area contributed by atoms with Gasteiger partial charge in [0.15, 0.2) is 5.82 Å². The molecule has 1 aliphatic heterocycles. The van der Waals surface area contributed by atoms with Crippen LogP contribution in [0.15, 0.2) is 30.7 Å². The van der Waals surface area contributed by atoms with E-state index < -0.39 is 12.7 Å². The molecule has 23 heavy (non-hydrogen) atoms. The summed E-state index contributed by atoms with van der Waals surface area (Å²) in [6.45, 7) is 2.43. The van der Waals surface area contributed by atoms with Gasteiger partial charge in [-0.2, -0.15) is 18.3 Å². The molecule has 2 aromatic heterocycles. The van der Waals surface area contributed by atoms with E-state index in [-0.39, 0.29) is 0 Å². The van der Waals surface area contributed by atoms with Crippen molar-refractivity contribution in [2.45, 2.75) is 19.3 Å². The van der Waals surface area contributed by atoms with Crippen LogP contribution < -0.4 is 4.90 Å². The number of nitrogens with zero attached hydrogens (tertiary/aromatic N) is 6. The zero-order chi connectivity index (χ0) is 16.3. The fourth-order valence-corrected chi connectivity index (χ4v) is 2.63. The predicted molar refractivity (Wildman–Crippen MR) is 77.8 cm³/mol. The average Bonchev–Trinajstić information content (AvgIpc) is 2.94. The summed E-state index contributed by atoms with van der Waals surface area (Å²) >= 11 is 0. The first-order chi connectivity index (χ1) is 11.0. The molecule has 0 N–H and O–H groups in total. The van der Waals surface area contributed by atoms with E-state index in [4.69, 9.17) is 0 Å². The third-order valence-electron chi connectivity index (χ3n) is 3.77. The Morgan fingerprint density at radius 2 is 1.87 bits per heavy atom. The van der Waals surface area contributed by atoms with Gasteiger partial charge >= 0.3 is 6.18 Å². The zero-order valence-electron chi connectivity index (χ0n) is 12.4. The van der Waals surface area contributed by atoms with Crippen molar-refractivity contribution in [2.24, 2.45) is 0 Å². The van der Waals surface area contributed by atoms with E-state index in [1.807, 2.05) is 12.1 Å². The van der Waals surface area contributed by atoms with Crippen LogP contribution in [-0.4, -0.2) is 57.0 Å². The molecule has 1 fully saturated rings. The molecule has 0 saturated carbocycles. The Labute approximate surface area is 131 Å². The van der Waals surface area contributed by atoms with E-state index in [9.17, 15) is 13.2 Å². The molecule has 0 amide bonds. The standard InChI is InChI=1S/C14H17F3N6/c15-14(16,17)11-23-5-4-18-13(23)10-21-6-8-22(9-7-21)12-2-1-3-19-20-12/h1-5H,6-11H2. The van der Waals surface area contributed by atoms with Crippen molar-refractivity contribution >= 4 is 5.82 Å². The third kappa shape index (κ3) is 4.19. The molecule has 0 aliphatic carbocycles. The zero-order valence-corrected chi connectivity index (χ0v) is 12.4. The Balaban J connectivity index is 1.56. The number of hydrogen-bond acceptors (Lipinski definition) is 5. The number of imidazole rings is 1. The Bertz CT molecular complexity index is 619. The minimum atomic E-state index is -4.24. The molecule has 0 bridgehead atoms. The SMILES string of the molecule is FC(F)(F)Cn1ccnc1CN1CCN(c2cccnn2)CC1. The highest BCUT2D eigenvalue weighted by atomic mass is 19.4. The van der Waals surface area contributed by atoms with Gasteiger partial charge in [0, 0.05) is 44.8 Å². The topological polar surface area (TPSA) is 50.1 Å². The van der Waals surface area contributed by atoms with E-state index in [1.165, 1.54) is 12.4 Å². The number of piperazine rings is 1. The fraction of sp³-hybridized carbons (Fsp3) is 0.500. The van der Waals surface area contributed by atoms with Crippen LogP contribution in [0.5, 0.6) is 0 Å². The van der Waals surface area contributed by atoms with Crippen LogP contribution in [0, 0.1) is 0 Å². The van der Waals surface area contributed by atoms with E-state index in [0.717, 1.165) is 36.6 Å². The number of anilines is 1. The van der Waals surface area contributed by atoms with Gasteiger partial charge in [-0.1, -0.05) is 0 Å². The van der Waals surface area contributed by atoms with Crippen LogP contribution >= 0.6 is 0 Å². The van der Waals surface area contributed by atoms with Gasteiger partial charge in [0.1, 0.15) is 12.4 Å². The quantitative estimate of drug-likeness (QED) is 0.853. The van der Waals surface area contributed by atoms with Crippen molar-refractivity contribution in [1.29, 1.82) is 0 Å². The van der Waals surface area contributed by atoms with Crippen molar-refractivity contribution in [3.05, 3.63) is 36.5 Å². The van der Waals surface area contributed by atoms with Crippen molar-refractivity contribution in [1.82, 2.24) is 24.6 Å². The van der Waals surface area contributed by atoms with E-state index >= 15 is 0 Å². The molecule has 0 atom stereocenters. The Hall–Kier alpha value is -2.16. The Morgan fingerprint density at radius 1 is 1.09 bits per heavy atom. The molecule has 3 rings (SSSR count). The second-order valence-corrected chi connectivity index (χ2v) is 5.43. The van der Waals surface area contributed by atoms with E-state index in [1.54, 1.807) is 6.20 Å². The minimum Gasteiger partial charge on any atom is -0.353 e. The highest BCUT2D eigenvalue weighted by molar-refractivity contribution is 5.36. The monoisotopic (exact) mass is 326 g/mol. The first-order valence-electron chi connectivity index (χ1n) is 7.33. The summed E-state index contributed by atoms with van der Waals surface area (Å²) in [6.07, 6.45) is 0.176. The van der Waals surface area contributed by atoms with Crippen LogP contribution in [0.2, 0.25) is 0 Å². The molecule has 0 aromatic carbocycles. The normalized spacial score (nSPS) is 16.7. The van der Waals surface area contributed by atoms with Gasteiger partial charge in [0.05, 0.1) is 6.54 Å². The van der Waals surface area contributed by atoms with E-state index in [0.29, 0.717) is 12.4 Å². The second kappa shape index (κ2) is 6.53. The highest BCUT2D eigenvalue weighted by Gasteiger charge is 2.29. The van der Waals surface area contributed by atoms with Crippen LogP contribution in [-0.2, 0) is 13.1 Å². The van der Waals surface area contributed by atoms with Gasteiger partial charge in [-0.3, -0.25) is 4.90 Å². The highest BCUT2D eigenvalue weighted by Crippen LogP contribution is 2.19. The van der Waals surface area contributed by atoms with Crippen molar-refractivity contribution in [3.8, 4) is 0 Å². The van der Waals surface area contributed by atoms with Gasteiger partial charge in [-0.05, 0) is 12.1 Å². The fourth-order valence-electron chi connectivity index (χ4n) is 2.63. The second-order valence-electron chi connectivity index (χ2n) is 5.43. The molecule has 2 aromatic rings. The number of alkyl halides is 3. The smallest absolute Gasteiger partial charge is 0.353 e. The summed E-state index contributed by atoms with van der Waals surface area (Å²) in [5.74, 6) is 1.26. The molecule has 1 saturated heterocycles. The molecular weight excluding hydrogens is 309 g/mol. The largest absolute Gasteiger partial charge is 0.406 e. The molecule has 0 unspecified atom stereocenters. The van der Waals surface area contributed by atoms with Crippen LogP contribution in [0.3, 0.4) is 0 Å². The molecule has 1 aliphatic rings. The molecule has 9 heteroatoms. The molecular formula is C14H17F3N6. The maximum Gasteiger partial charge on any atom is 0.406 e. The lowest BCUT2D eigenvalue weighted by Crippen LogP contribution is -2.46. The van der Waals surface area contributed by atoms with Crippen LogP contribution in [0.4, 0.5) is 19.0 Å². The molecule has 3 heterocycles. The summed E-state index contributed by atoms with van der Waals surface area (Å²) in [7, 11) is 0. The van der Waals surface area contributed by atoms with Crippen molar-refractivity contribution < 1.29 is 13.2 Å². The van der Waals surface area contributed by atoms with Gasteiger partial charge in [-0.25, -0.2) is 4.98 Å². The van der Waals surface area contributed by atoms with Gasteiger partial charge in [0.25, 0.3) is 0 Å². The summed E-state index contributed by atoms with van der Waals surface area (Å²) in [5.41, 5.74) is 0. The number of hydrogen-bond donors (Lipinski definition) is 0. The summed E-state index contributed by atoms with van der Waals surface area (Å²) in [6, 6.07) is 3.74. The minimum absolute atomic E-state index is 0.414. The maximum atomic E-state index is 12.5. The first kappa shape index (κ1) is 15.7. The third-order valence-corrected chi connectivity index (χ3v) is 3.77. The Kier molecular flexibility index (Phi) is 4.46. The van der Waals surface area contributed by atoms with Gasteiger partial charge in [-0.15, -0.1) is 5.10 Å². The summed E-state index contributed by atoms with van der Waals surface area (Å²) in [4.78, 5) is 8.27. The first-order valence-corrected chi connectivity index (χ1v) is 7.33. The molecule has 0 radical (unpaired) electrons. The van der Waals surface area contributed by atoms with Gasteiger partial charge < -0.3 is 9.47 Å². The average molecular weight is 326 g/mol. The number of halogens is 3. The summed E-state index contributed by atoms with van der Waals surface area (Å²) < 4.78 is 38.8. The van der Waals surface area contributed by atoms with Crippen LogP contribution in [0.1, 0.15) is 5.82 Å². The molecule has 0 spiro atoms. The Morgan fingerprint density at radius 3 is 2.52 bits per heavy atom. The van der Waals surface area contributed by atoms with Crippen molar-refractivity contribution in [2.75, 3.05) is 31.1 Å². The number of aromatic nitrogens is 4. The lowest BCUT2D eigenvalue weighted by Gasteiger charge is -2.34. The van der Waals surface area contributed by atoms with E-state index in [2.05, 4.69) is 25.0 Å². The molecule has 124 valence electrons. The van der Waals surface area contributed by atoms with Crippen molar-refractivity contribution in [3.63, 3.8) is 0 Å². The summed E-state index contributed by atoms with van der Waals surface area (Å²) in [5, 5.41) is 7.93. The lowest BCUT2D eigenvalue weighted by molar-refractivity contribution is -0.141. The predicted octanol–water partition coefficient (Wildman–Crippen LogP) is 1.56. The van der Waals surface area contributed by atoms with Gasteiger partial charge in [0.2, 0.25) is 0 Å². The van der Waals surface area contributed by atoms with Crippen LogP contribution in [0.25, 0.3) is 0 Å².